The first-order valence-corrected chi connectivity index (χ1v) is 4.36. The number of benzene rings is 1. The smallest absolute Gasteiger partial charge is 0.145 e. The Bertz CT molecular complexity index is 292. The fraction of sp³-hybridized carbons (Fsp3) is 0.400. The molecule has 0 aliphatic rings. The van der Waals surface area contributed by atoms with Crippen molar-refractivity contribution in [1.29, 1.82) is 0 Å². The number of halogens is 2. The van der Waals surface area contributed by atoms with Crippen LogP contribution in [0.5, 0.6) is 0 Å². The van der Waals surface area contributed by atoms with E-state index in [2.05, 4.69) is 0 Å². The Labute approximate surface area is 77.4 Å². The summed E-state index contributed by atoms with van der Waals surface area (Å²) >= 11 is 5.65. The van der Waals surface area contributed by atoms with Gasteiger partial charge in [0.25, 0.3) is 0 Å². The van der Waals surface area contributed by atoms with Crippen LogP contribution in [-0.4, -0.2) is 0 Å². The van der Waals surface area contributed by atoms with Gasteiger partial charge in [0, 0.05) is 0 Å². The molecule has 0 aromatic heterocycles. The topological polar surface area (TPSA) is 0 Å². The van der Waals surface area contributed by atoms with Crippen LogP contribution in [0.4, 0.5) is 4.39 Å². The van der Waals surface area contributed by atoms with Gasteiger partial charge >= 0.3 is 0 Å². The first kappa shape index (κ1) is 9.53. The summed E-state index contributed by atoms with van der Waals surface area (Å²) in [7, 11) is 0. The molecule has 0 spiro atoms. The third kappa shape index (κ3) is 1.61. The normalized spacial score (nSPS) is 10.8. The van der Waals surface area contributed by atoms with Crippen molar-refractivity contribution >= 4 is 11.6 Å². The molecule has 1 aromatic rings. The molecule has 0 bridgehead atoms. The van der Waals surface area contributed by atoms with Crippen LogP contribution in [0.3, 0.4) is 0 Å². The highest BCUT2D eigenvalue weighted by molar-refractivity contribution is 6.30. The molecule has 0 fully saturated rings. The van der Waals surface area contributed by atoms with Crippen LogP contribution in [0, 0.1) is 12.7 Å². The third-order valence-electron chi connectivity index (χ3n) is 1.93. The molecule has 0 saturated carbocycles. The molecule has 0 N–H and O–H groups in total. The van der Waals surface area contributed by atoms with Gasteiger partial charge < -0.3 is 0 Å². The van der Waals surface area contributed by atoms with Crippen molar-refractivity contribution in [2.45, 2.75) is 26.7 Å². The molecule has 0 aliphatic carbocycles. The highest BCUT2D eigenvalue weighted by Crippen LogP contribution is 2.27. The highest BCUT2D eigenvalue weighted by atomic mass is 35.5. The summed E-state index contributed by atoms with van der Waals surface area (Å²) in [5.74, 6) is -0.0876. The van der Waals surface area contributed by atoms with E-state index in [1.807, 2.05) is 26.8 Å². The molecule has 66 valence electrons. The second-order valence-corrected chi connectivity index (χ2v) is 3.65. The lowest BCUT2D eigenvalue weighted by Crippen LogP contribution is -1.97. The molecule has 0 saturated heterocycles. The van der Waals surface area contributed by atoms with Crippen LogP contribution in [0.1, 0.15) is 30.9 Å². The van der Waals surface area contributed by atoms with E-state index in [-0.39, 0.29) is 16.8 Å². The Hall–Kier alpha value is -0.560. The minimum absolute atomic E-state index is 0.184. The Morgan fingerprint density at radius 2 is 1.92 bits per heavy atom. The molecular weight excluding hydrogens is 175 g/mol. The van der Waals surface area contributed by atoms with Crippen LogP contribution in [0.15, 0.2) is 12.1 Å². The molecule has 0 unspecified atom stereocenters. The van der Waals surface area contributed by atoms with Gasteiger partial charge in [-0.25, -0.2) is 4.39 Å². The van der Waals surface area contributed by atoms with Gasteiger partial charge in [-0.3, -0.25) is 0 Å². The first-order chi connectivity index (χ1) is 5.54. The molecule has 12 heavy (non-hydrogen) atoms. The lowest BCUT2D eigenvalue weighted by atomic mass is 9.97. The van der Waals surface area contributed by atoms with E-state index in [9.17, 15) is 4.39 Å². The largest absolute Gasteiger partial charge is 0.205 e. The summed E-state index contributed by atoms with van der Waals surface area (Å²) in [6, 6.07) is 3.44. The van der Waals surface area contributed by atoms with Crippen molar-refractivity contribution in [3.05, 3.63) is 34.1 Å². The van der Waals surface area contributed by atoms with Crippen LogP contribution in [0.25, 0.3) is 0 Å². The maximum atomic E-state index is 13.4. The Kier molecular flexibility index (Phi) is 2.73. The van der Waals surface area contributed by atoms with Crippen LogP contribution >= 0.6 is 11.6 Å². The summed E-state index contributed by atoms with van der Waals surface area (Å²) in [6.45, 7) is 5.82. The molecule has 0 heterocycles. The van der Waals surface area contributed by atoms with Gasteiger partial charge in [0.1, 0.15) is 5.82 Å². The summed E-state index contributed by atoms with van der Waals surface area (Å²) in [6.07, 6.45) is 0. The van der Waals surface area contributed by atoms with E-state index >= 15 is 0 Å². The highest BCUT2D eigenvalue weighted by Gasteiger charge is 2.12. The van der Waals surface area contributed by atoms with E-state index < -0.39 is 0 Å². The second kappa shape index (κ2) is 3.44. The van der Waals surface area contributed by atoms with Crippen molar-refractivity contribution in [1.82, 2.24) is 0 Å². The summed E-state index contributed by atoms with van der Waals surface area (Å²) in [5.41, 5.74) is 1.69. The molecule has 0 atom stereocenters. The van der Waals surface area contributed by atoms with Crippen molar-refractivity contribution in [3.63, 3.8) is 0 Å². The number of rotatable bonds is 1. The molecule has 0 aliphatic heterocycles. The van der Waals surface area contributed by atoms with Crippen molar-refractivity contribution in [2.75, 3.05) is 0 Å². The zero-order valence-corrected chi connectivity index (χ0v) is 8.24. The molecule has 1 rings (SSSR count). The van der Waals surface area contributed by atoms with Gasteiger partial charge in [0.2, 0.25) is 0 Å². The second-order valence-electron chi connectivity index (χ2n) is 3.25. The fourth-order valence-electron chi connectivity index (χ4n) is 1.37. The Balaban J connectivity index is 3.33. The maximum absolute atomic E-state index is 13.4. The molecule has 0 nitrogen and oxygen atoms in total. The van der Waals surface area contributed by atoms with Crippen LogP contribution < -0.4 is 0 Å². The lowest BCUT2D eigenvalue weighted by molar-refractivity contribution is 0.596. The predicted molar refractivity (Wildman–Crippen MR) is 50.2 cm³/mol. The summed E-state index contributed by atoms with van der Waals surface area (Å²) in [5, 5.41) is 0.212. The van der Waals surface area contributed by atoms with E-state index in [4.69, 9.17) is 11.6 Å². The maximum Gasteiger partial charge on any atom is 0.145 e. The molecule has 0 radical (unpaired) electrons. The first-order valence-electron chi connectivity index (χ1n) is 3.98. The Morgan fingerprint density at radius 1 is 1.33 bits per heavy atom. The summed E-state index contributed by atoms with van der Waals surface area (Å²) in [4.78, 5) is 0. The average Bonchev–Trinajstić information content (AvgIpc) is 1.97. The van der Waals surface area contributed by atoms with Gasteiger partial charge in [-0.15, -0.1) is 0 Å². The van der Waals surface area contributed by atoms with Gasteiger partial charge in [-0.1, -0.05) is 31.5 Å². The Morgan fingerprint density at radius 3 is 2.33 bits per heavy atom. The van der Waals surface area contributed by atoms with Gasteiger partial charge in [-0.2, -0.15) is 0 Å². The average molecular weight is 187 g/mol. The fourth-order valence-corrected chi connectivity index (χ4v) is 1.54. The van der Waals surface area contributed by atoms with E-state index in [1.54, 1.807) is 6.07 Å². The van der Waals surface area contributed by atoms with Gasteiger partial charge in [-0.05, 0) is 30.0 Å². The van der Waals surface area contributed by atoms with Crippen molar-refractivity contribution < 1.29 is 4.39 Å². The standard InChI is InChI=1S/C10H12ClF/c1-6(2)9-7(3)4-5-8(11)10(9)12/h4-6H,1-3H3. The lowest BCUT2D eigenvalue weighted by Gasteiger charge is -2.11. The minimum atomic E-state index is -0.272. The zero-order valence-electron chi connectivity index (χ0n) is 7.49. The van der Waals surface area contributed by atoms with E-state index in [1.165, 1.54) is 0 Å². The monoisotopic (exact) mass is 186 g/mol. The quantitative estimate of drug-likeness (QED) is 0.624. The number of hydrogen-bond acceptors (Lipinski definition) is 0. The van der Waals surface area contributed by atoms with Crippen LogP contribution in [-0.2, 0) is 0 Å². The third-order valence-corrected chi connectivity index (χ3v) is 2.22. The van der Waals surface area contributed by atoms with Crippen molar-refractivity contribution in [3.8, 4) is 0 Å². The number of hydrogen-bond donors (Lipinski definition) is 0. The predicted octanol–water partition coefficient (Wildman–Crippen LogP) is 3.91. The van der Waals surface area contributed by atoms with Crippen molar-refractivity contribution in [2.24, 2.45) is 0 Å². The van der Waals surface area contributed by atoms with E-state index in [0.717, 1.165) is 11.1 Å². The SMILES string of the molecule is Cc1ccc(Cl)c(F)c1C(C)C. The number of aryl methyl sites for hydroxylation is 1. The summed E-state index contributed by atoms with van der Waals surface area (Å²) < 4.78 is 13.4. The van der Waals surface area contributed by atoms with Crippen LogP contribution in [0.2, 0.25) is 5.02 Å². The molecule has 2 heteroatoms. The molecule has 0 amide bonds. The molecular formula is C10H12ClF. The van der Waals surface area contributed by atoms with Gasteiger partial charge in [0.15, 0.2) is 0 Å². The van der Waals surface area contributed by atoms with E-state index in [0.29, 0.717) is 0 Å². The molecule has 1 aromatic carbocycles. The zero-order chi connectivity index (χ0) is 9.30. The minimum Gasteiger partial charge on any atom is -0.205 e. The van der Waals surface area contributed by atoms with Gasteiger partial charge in [0.05, 0.1) is 5.02 Å².